The minimum atomic E-state index is 0.187. The number of benzene rings is 2. The fraction of sp³-hybridized carbons (Fsp3) is 0.294. The van der Waals surface area contributed by atoms with E-state index in [9.17, 15) is 0 Å². The van der Waals surface area contributed by atoms with Crippen LogP contribution in [0, 0.1) is 6.92 Å². The van der Waals surface area contributed by atoms with Gasteiger partial charge < -0.3 is 14.8 Å². The Labute approximate surface area is 129 Å². The van der Waals surface area contributed by atoms with Gasteiger partial charge in [0.2, 0.25) is 0 Å². The molecule has 0 aromatic heterocycles. The van der Waals surface area contributed by atoms with E-state index in [0.29, 0.717) is 10.8 Å². The van der Waals surface area contributed by atoms with Crippen LogP contribution in [0.15, 0.2) is 42.5 Å². The zero-order valence-corrected chi connectivity index (χ0v) is 12.7. The van der Waals surface area contributed by atoms with Crippen molar-refractivity contribution in [1.29, 1.82) is 0 Å². The van der Waals surface area contributed by atoms with Crippen LogP contribution in [0.25, 0.3) is 0 Å². The summed E-state index contributed by atoms with van der Waals surface area (Å²) in [5.74, 6) is 2.16. The van der Waals surface area contributed by atoms with E-state index in [1.165, 1.54) is 5.56 Å². The molecule has 0 bridgehead atoms. The highest BCUT2D eigenvalue weighted by molar-refractivity contribution is 6.30. The maximum atomic E-state index is 6.08. The minimum absolute atomic E-state index is 0.187. The summed E-state index contributed by atoms with van der Waals surface area (Å²) in [6, 6.07) is 13.4. The molecule has 0 radical (unpaired) electrons. The lowest BCUT2D eigenvalue weighted by molar-refractivity contribution is 0.215. The van der Waals surface area contributed by atoms with E-state index in [0.717, 1.165) is 31.0 Å². The van der Waals surface area contributed by atoms with Crippen LogP contribution in [0.2, 0.25) is 5.02 Å². The van der Waals surface area contributed by atoms with Crippen molar-refractivity contribution in [3.63, 3.8) is 0 Å². The van der Waals surface area contributed by atoms with E-state index in [1.807, 2.05) is 43.3 Å². The van der Waals surface area contributed by atoms with Gasteiger partial charge in [-0.2, -0.15) is 0 Å². The van der Waals surface area contributed by atoms with Gasteiger partial charge in [-0.05, 0) is 44.2 Å². The first-order valence-corrected chi connectivity index (χ1v) is 7.50. The van der Waals surface area contributed by atoms with Crippen molar-refractivity contribution in [2.75, 3.05) is 13.1 Å². The molecular formula is C17H18ClNO2. The molecule has 110 valence electrons. The van der Waals surface area contributed by atoms with E-state index < -0.39 is 0 Å². The zero-order valence-electron chi connectivity index (χ0n) is 11.9. The highest BCUT2D eigenvalue weighted by Crippen LogP contribution is 2.35. The van der Waals surface area contributed by atoms with Crippen LogP contribution < -0.4 is 14.8 Å². The third-order valence-electron chi connectivity index (χ3n) is 3.46. The molecule has 1 heterocycles. The number of ether oxygens (including phenoxy) is 2. The standard InChI is InChI=1S/C17H18ClNO2/c1-12-2-5-14(6-3-12)20-17-10-13(18)4-7-16(17)21-15-8-9-19-11-15/h2-7,10,15,19H,8-9,11H2,1H3/t15-/m1/s1. The molecule has 0 unspecified atom stereocenters. The topological polar surface area (TPSA) is 30.5 Å². The highest BCUT2D eigenvalue weighted by Gasteiger charge is 2.18. The molecule has 1 saturated heterocycles. The summed E-state index contributed by atoms with van der Waals surface area (Å²) in [6.07, 6.45) is 1.19. The van der Waals surface area contributed by atoms with E-state index in [-0.39, 0.29) is 6.10 Å². The summed E-state index contributed by atoms with van der Waals surface area (Å²) in [6.45, 7) is 3.91. The van der Waals surface area contributed by atoms with Gasteiger partial charge in [-0.1, -0.05) is 29.3 Å². The lowest BCUT2D eigenvalue weighted by atomic mass is 10.2. The monoisotopic (exact) mass is 303 g/mol. The molecule has 3 nitrogen and oxygen atoms in total. The fourth-order valence-corrected chi connectivity index (χ4v) is 2.46. The van der Waals surface area contributed by atoms with Gasteiger partial charge in [0.05, 0.1) is 0 Å². The first-order valence-electron chi connectivity index (χ1n) is 7.12. The lowest BCUT2D eigenvalue weighted by Gasteiger charge is -2.16. The largest absolute Gasteiger partial charge is 0.485 e. The van der Waals surface area contributed by atoms with Crippen LogP contribution in [0.4, 0.5) is 0 Å². The maximum Gasteiger partial charge on any atom is 0.170 e. The summed E-state index contributed by atoms with van der Waals surface area (Å²) in [4.78, 5) is 0. The molecule has 2 aromatic carbocycles. The summed E-state index contributed by atoms with van der Waals surface area (Å²) in [5, 5.41) is 3.92. The van der Waals surface area contributed by atoms with Crippen LogP contribution in [-0.2, 0) is 0 Å². The third kappa shape index (κ3) is 3.69. The number of aryl methyl sites for hydroxylation is 1. The second-order valence-electron chi connectivity index (χ2n) is 5.24. The second kappa shape index (κ2) is 6.37. The molecule has 1 atom stereocenters. The quantitative estimate of drug-likeness (QED) is 0.919. The molecule has 0 aliphatic carbocycles. The average molecular weight is 304 g/mol. The first kappa shape index (κ1) is 14.2. The third-order valence-corrected chi connectivity index (χ3v) is 3.70. The van der Waals surface area contributed by atoms with Gasteiger partial charge in [0, 0.05) is 17.6 Å². The number of nitrogens with one attached hydrogen (secondary N) is 1. The Morgan fingerprint density at radius 1 is 1.10 bits per heavy atom. The molecule has 1 N–H and O–H groups in total. The number of rotatable bonds is 4. The van der Waals surface area contributed by atoms with Crippen molar-refractivity contribution in [3.05, 3.63) is 53.1 Å². The van der Waals surface area contributed by atoms with Crippen molar-refractivity contribution in [3.8, 4) is 17.2 Å². The van der Waals surface area contributed by atoms with Crippen LogP contribution in [0.5, 0.6) is 17.2 Å². The van der Waals surface area contributed by atoms with Gasteiger partial charge in [0.1, 0.15) is 11.9 Å². The van der Waals surface area contributed by atoms with Gasteiger partial charge in [-0.15, -0.1) is 0 Å². The van der Waals surface area contributed by atoms with Crippen molar-refractivity contribution in [2.24, 2.45) is 0 Å². The van der Waals surface area contributed by atoms with Gasteiger partial charge in [-0.3, -0.25) is 0 Å². The first-order chi connectivity index (χ1) is 10.2. The molecule has 21 heavy (non-hydrogen) atoms. The zero-order chi connectivity index (χ0) is 14.7. The van der Waals surface area contributed by atoms with Gasteiger partial charge >= 0.3 is 0 Å². The Hall–Kier alpha value is -1.71. The summed E-state index contributed by atoms with van der Waals surface area (Å²) >= 11 is 6.08. The van der Waals surface area contributed by atoms with Crippen molar-refractivity contribution < 1.29 is 9.47 Å². The molecule has 0 saturated carbocycles. The Balaban J connectivity index is 1.81. The number of hydrogen-bond donors (Lipinski definition) is 1. The predicted molar refractivity (Wildman–Crippen MR) is 84.6 cm³/mol. The molecule has 0 spiro atoms. The van der Waals surface area contributed by atoms with E-state index in [1.54, 1.807) is 6.07 Å². The SMILES string of the molecule is Cc1ccc(Oc2cc(Cl)ccc2O[C@@H]2CCNC2)cc1. The van der Waals surface area contributed by atoms with E-state index >= 15 is 0 Å². The minimum Gasteiger partial charge on any atom is -0.485 e. The average Bonchev–Trinajstić information content (AvgIpc) is 2.97. The second-order valence-corrected chi connectivity index (χ2v) is 5.68. The summed E-state index contributed by atoms with van der Waals surface area (Å²) < 4.78 is 11.9. The molecule has 1 aliphatic heterocycles. The van der Waals surface area contributed by atoms with Crippen molar-refractivity contribution in [1.82, 2.24) is 5.32 Å². The molecule has 2 aromatic rings. The van der Waals surface area contributed by atoms with Gasteiger partial charge in [-0.25, -0.2) is 0 Å². The summed E-state index contributed by atoms with van der Waals surface area (Å²) in [7, 11) is 0. The Morgan fingerprint density at radius 2 is 1.90 bits per heavy atom. The Bertz CT molecular complexity index is 607. The Morgan fingerprint density at radius 3 is 2.62 bits per heavy atom. The van der Waals surface area contributed by atoms with Crippen LogP contribution in [0.1, 0.15) is 12.0 Å². The van der Waals surface area contributed by atoms with Crippen LogP contribution in [-0.4, -0.2) is 19.2 Å². The van der Waals surface area contributed by atoms with Gasteiger partial charge in [0.15, 0.2) is 11.5 Å². The molecule has 1 fully saturated rings. The fourth-order valence-electron chi connectivity index (χ4n) is 2.30. The smallest absolute Gasteiger partial charge is 0.170 e. The molecule has 4 heteroatoms. The molecular weight excluding hydrogens is 286 g/mol. The molecule has 3 rings (SSSR count). The lowest BCUT2D eigenvalue weighted by Crippen LogP contribution is -2.19. The van der Waals surface area contributed by atoms with Crippen LogP contribution in [0.3, 0.4) is 0 Å². The van der Waals surface area contributed by atoms with Crippen LogP contribution >= 0.6 is 11.6 Å². The highest BCUT2D eigenvalue weighted by atomic mass is 35.5. The van der Waals surface area contributed by atoms with Crippen molar-refractivity contribution in [2.45, 2.75) is 19.4 Å². The Kier molecular flexibility index (Phi) is 4.32. The predicted octanol–water partition coefficient (Wildman–Crippen LogP) is 4.18. The summed E-state index contributed by atoms with van der Waals surface area (Å²) in [5.41, 5.74) is 1.20. The number of hydrogen-bond acceptors (Lipinski definition) is 3. The van der Waals surface area contributed by atoms with E-state index in [4.69, 9.17) is 21.1 Å². The van der Waals surface area contributed by atoms with E-state index in [2.05, 4.69) is 5.32 Å². The number of halogens is 1. The van der Waals surface area contributed by atoms with Crippen molar-refractivity contribution >= 4 is 11.6 Å². The maximum absolute atomic E-state index is 6.08. The normalized spacial score (nSPS) is 17.7. The molecule has 0 amide bonds. The van der Waals surface area contributed by atoms with Gasteiger partial charge in [0.25, 0.3) is 0 Å². The molecule has 1 aliphatic rings.